The van der Waals surface area contributed by atoms with Crippen molar-refractivity contribution in [3.63, 3.8) is 0 Å². The van der Waals surface area contributed by atoms with E-state index < -0.39 is 37.8 Å². The maximum absolute atomic E-state index is 12.3. The number of nitrogens with one attached hydrogen (secondary N) is 1. The van der Waals surface area contributed by atoms with Crippen molar-refractivity contribution in [3.05, 3.63) is 91.0 Å². The van der Waals surface area contributed by atoms with Gasteiger partial charge in [-0.2, -0.15) is 0 Å². The fourth-order valence-corrected chi connectivity index (χ4v) is 9.37. The summed E-state index contributed by atoms with van der Waals surface area (Å²) in [5.41, 5.74) is 10.3. The number of likely N-dealkylation sites (tertiary alicyclic amines) is 2. The van der Waals surface area contributed by atoms with Gasteiger partial charge < -0.3 is 54.7 Å². The lowest BCUT2D eigenvalue weighted by molar-refractivity contribution is -0.143. The number of nitrogens with zero attached hydrogens (tertiary/aromatic N) is 3. The number of fused-ring (bicyclic) bond motifs is 1. The van der Waals surface area contributed by atoms with Crippen LogP contribution in [-0.2, 0) is 14.3 Å². The van der Waals surface area contributed by atoms with E-state index in [4.69, 9.17) is 44.6 Å². The molecular weight excluding hydrogens is 884 g/mol. The predicted octanol–water partition coefficient (Wildman–Crippen LogP) is 10.3. The lowest BCUT2D eigenvalue weighted by Crippen LogP contribution is -2.47. The van der Waals surface area contributed by atoms with Gasteiger partial charge in [-0.25, -0.2) is 9.59 Å². The molecule has 3 aromatic carbocycles. The number of amidine groups is 1. The first-order chi connectivity index (χ1) is 32.4. The Kier molecular flexibility index (Phi) is 21.1. The van der Waals surface area contributed by atoms with Crippen molar-refractivity contribution in [2.75, 3.05) is 26.2 Å². The molecule has 2 saturated heterocycles. The van der Waals surface area contributed by atoms with Crippen LogP contribution in [0.4, 0.5) is 9.59 Å². The number of ether oxygens (including phenoxy) is 2. The number of hydrogen-bond acceptors (Lipinski definition) is 12. The van der Waals surface area contributed by atoms with Crippen LogP contribution >= 0.6 is 8.60 Å². The lowest BCUT2D eigenvalue weighted by Gasteiger charge is -2.34. The zero-order chi connectivity index (χ0) is 49.1. The third-order valence-electron chi connectivity index (χ3n) is 11.9. The van der Waals surface area contributed by atoms with Crippen LogP contribution in [0.2, 0.25) is 0 Å². The number of rotatable bonds is 8. The monoisotopic (exact) mass is 961 g/mol. The SMILES string of the molecule is CC(C)(C)OC(=O)N1CCC[C@@H](C(=O)O)C1.CC(C)(C)OC(=O)N1CCC[C@@H](C2=NC3CCCCC3N2)C1.NC1CCCCC1N.c1ccc(OP(Oc2ccccc2)Oc2ccccc2)cc1. The number of carbonyl (C=O) groups excluding carboxylic acids is 2. The Bertz CT molecular complexity index is 1890. The molecule has 0 aromatic heterocycles. The van der Waals surface area contributed by atoms with E-state index in [1.807, 2.05) is 117 Å². The maximum atomic E-state index is 12.3. The first-order valence-corrected chi connectivity index (χ1v) is 25.5. The highest BCUT2D eigenvalue weighted by Gasteiger charge is 2.37. The van der Waals surface area contributed by atoms with Gasteiger partial charge in [0.1, 0.15) is 34.3 Å². The van der Waals surface area contributed by atoms with Crippen molar-refractivity contribution in [1.29, 1.82) is 0 Å². The van der Waals surface area contributed by atoms with E-state index in [-0.39, 0.29) is 24.7 Å². The highest BCUT2D eigenvalue weighted by molar-refractivity contribution is 7.43. The third-order valence-corrected chi connectivity index (χ3v) is 13.0. The molecule has 5 aliphatic rings. The first kappa shape index (κ1) is 53.8. The molecule has 3 aromatic rings. The van der Waals surface area contributed by atoms with Crippen LogP contribution in [-0.4, -0.2) is 100 Å². The molecule has 15 nitrogen and oxygen atoms in total. The number of hydrogen-bond donors (Lipinski definition) is 4. The number of carboxylic acids is 1. The van der Waals surface area contributed by atoms with E-state index in [0.29, 0.717) is 48.2 Å². The van der Waals surface area contributed by atoms with E-state index in [9.17, 15) is 14.4 Å². The van der Waals surface area contributed by atoms with Gasteiger partial charge in [-0.05, 0) is 129 Å². The molecule has 8 rings (SSSR count). The number of aliphatic carboxylic acids is 1. The van der Waals surface area contributed by atoms with E-state index in [0.717, 1.165) is 51.0 Å². The molecule has 374 valence electrons. The van der Waals surface area contributed by atoms with Crippen LogP contribution in [0.1, 0.15) is 119 Å². The van der Waals surface area contributed by atoms with Crippen LogP contribution in [0.15, 0.2) is 96.0 Å². The molecule has 2 amide bonds. The van der Waals surface area contributed by atoms with Crippen LogP contribution in [0.25, 0.3) is 0 Å². The Balaban J connectivity index is 0.000000178. The minimum atomic E-state index is -1.59. The standard InChI is InChI=1S/C18H15O3P.C17H29N3O2.C11H19NO4.C6H14N2/c1-4-10-16(11-5-1)19-22(20-17-12-6-2-7-13-17)21-18-14-8-3-9-15-18;1-17(2,3)22-16(21)20-10-6-7-12(11-20)15-18-13-8-4-5-9-14(13)19-15;1-11(2,3)16-10(15)12-6-4-5-8(7-12)9(13)14;7-5-3-1-2-4-6(5)8/h1-15H;12-14H,4-11H2,1-3H3,(H,18,19);8H,4-7H2,1-3H3,(H,13,14);5-6H,1-4,7-8H2/t;12-,13?,14?;8-;/m.11./s1. The first-order valence-electron chi connectivity index (χ1n) is 24.5. The molecule has 6 atom stereocenters. The number of nitrogens with two attached hydrogens (primary N) is 2. The molecule has 4 fully saturated rings. The van der Waals surface area contributed by atoms with Crippen molar-refractivity contribution in [2.45, 2.75) is 154 Å². The summed E-state index contributed by atoms with van der Waals surface area (Å²) in [4.78, 5) is 43.1. The van der Waals surface area contributed by atoms with Crippen LogP contribution in [0, 0.1) is 11.8 Å². The normalized spacial score (nSPS) is 23.5. The molecule has 3 aliphatic heterocycles. The van der Waals surface area contributed by atoms with E-state index in [2.05, 4.69) is 5.32 Å². The Labute approximate surface area is 405 Å². The molecule has 2 aliphatic carbocycles. The maximum Gasteiger partial charge on any atom is 0.530 e. The number of para-hydroxylation sites is 3. The van der Waals surface area contributed by atoms with Gasteiger partial charge in [0.2, 0.25) is 0 Å². The molecule has 0 spiro atoms. The molecule has 16 heteroatoms. The second kappa shape index (κ2) is 26.6. The van der Waals surface area contributed by atoms with Crippen LogP contribution < -0.4 is 30.4 Å². The van der Waals surface area contributed by atoms with Crippen molar-refractivity contribution in [1.82, 2.24) is 15.1 Å². The molecule has 2 saturated carbocycles. The summed E-state index contributed by atoms with van der Waals surface area (Å²) in [6.07, 6.45) is 12.7. The summed E-state index contributed by atoms with van der Waals surface area (Å²) in [6.45, 7) is 13.5. The van der Waals surface area contributed by atoms with Gasteiger partial charge in [0.15, 0.2) is 0 Å². The minimum absolute atomic E-state index is 0.187. The molecule has 4 unspecified atom stereocenters. The zero-order valence-corrected chi connectivity index (χ0v) is 42.0. The van der Waals surface area contributed by atoms with Gasteiger partial charge in [0.25, 0.3) is 0 Å². The van der Waals surface area contributed by atoms with Gasteiger partial charge in [-0.15, -0.1) is 0 Å². The average molecular weight is 961 g/mol. The summed E-state index contributed by atoms with van der Waals surface area (Å²) in [7, 11) is -1.59. The molecule has 3 heterocycles. The number of amides is 2. The smallest absolute Gasteiger partial charge is 0.481 e. The number of carboxylic acid groups (broad SMARTS) is 1. The Hall–Kier alpha value is -5.11. The van der Waals surface area contributed by atoms with Crippen LogP contribution in [0.5, 0.6) is 17.2 Å². The second-order valence-corrected chi connectivity index (χ2v) is 21.0. The zero-order valence-electron chi connectivity index (χ0n) is 41.1. The summed E-state index contributed by atoms with van der Waals surface area (Å²) in [6, 6.07) is 30.1. The fourth-order valence-electron chi connectivity index (χ4n) is 8.37. The largest absolute Gasteiger partial charge is 0.530 e. The molecule has 68 heavy (non-hydrogen) atoms. The van der Waals surface area contributed by atoms with Gasteiger partial charge in [-0.1, -0.05) is 80.3 Å². The lowest BCUT2D eigenvalue weighted by atomic mass is 9.92. The highest BCUT2D eigenvalue weighted by Crippen LogP contribution is 2.42. The van der Waals surface area contributed by atoms with Gasteiger partial charge >= 0.3 is 26.8 Å². The Morgan fingerprint density at radius 1 is 0.603 bits per heavy atom. The van der Waals surface area contributed by atoms with Gasteiger partial charge in [0, 0.05) is 50.2 Å². The Morgan fingerprint density at radius 3 is 1.46 bits per heavy atom. The van der Waals surface area contributed by atoms with Gasteiger partial charge in [0.05, 0.1) is 12.0 Å². The topological polar surface area (TPSA) is 200 Å². The quantitative estimate of drug-likeness (QED) is 0.156. The molecule has 0 bridgehead atoms. The van der Waals surface area contributed by atoms with E-state index >= 15 is 0 Å². The highest BCUT2D eigenvalue weighted by atomic mass is 31.2. The van der Waals surface area contributed by atoms with Crippen molar-refractivity contribution in [3.8, 4) is 17.2 Å². The van der Waals surface area contributed by atoms with E-state index in [1.165, 1.54) is 43.4 Å². The van der Waals surface area contributed by atoms with Gasteiger partial charge in [-0.3, -0.25) is 9.79 Å². The summed E-state index contributed by atoms with van der Waals surface area (Å²) < 4.78 is 28.2. The number of aliphatic imine (C=N–C) groups is 1. The third kappa shape index (κ3) is 19.1. The van der Waals surface area contributed by atoms with Crippen LogP contribution in [0.3, 0.4) is 0 Å². The van der Waals surface area contributed by atoms with Crippen molar-refractivity contribution < 1.29 is 42.5 Å². The predicted molar refractivity (Wildman–Crippen MR) is 268 cm³/mol. The summed E-state index contributed by atoms with van der Waals surface area (Å²) >= 11 is 0. The number of piperidine rings is 2. The Morgan fingerprint density at radius 2 is 1.03 bits per heavy atom. The molecule has 6 N–H and O–H groups in total. The van der Waals surface area contributed by atoms with E-state index in [1.54, 1.807) is 20.8 Å². The van der Waals surface area contributed by atoms with Crippen molar-refractivity contribution in [2.24, 2.45) is 28.3 Å². The van der Waals surface area contributed by atoms with Crippen molar-refractivity contribution >= 4 is 32.6 Å². The number of carbonyl (C=O) groups is 3. The summed E-state index contributed by atoms with van der Waals surface area (Å²) in [5, 5.41) is 12.5. The number of benzene rings is 3. The minimum Gasteiger partial charge on any atom is -0.481 e. The summed E-state index contributed by atoms with van der Waals surface area (Å²) in [5.74, 6) is 2.33. The fraction of sp³-hybridized carbons (Fsp3) is 0.577. The second-order valence-electron chi connectivity index (χ2n) is 20.0. The molecular formula is C52H77N6O9P. The average Bonchev–Trinajstić information content (AvgIpc) is 3.76. The molecule has 0 radical (unpaired) electrons.